The average molecular weight is 274 g/mol. The molecule has 0 heteroatoms. The Labute approximate surface area is 127 Å². The smallest absolute Gasteiger partial charge is 0.0250 e. The molecule has 0 bridgehead atoms. The molecule has 0 amide bonds. The van der Waals surface area contributed by atoms with Crippen LogP contribution in [0.15, 0.2) is 18.2 Å². The summed E-state index contributed by atoms with van der Waals surface area (Å²) in [6, 6.07) is 7.27. The SMILES string of the molecule is CC.CC.c1cc2c(cc1CC1CCCCC1)CCC2. The van der Waals surface area contributed by atoms with Crippen LogP contribution in [-0.2, 0) is 19.3 Å². The Morgan fingerprint density at radius 1 is 0.800 bits per heavy atom. The van der Waals surface area contributed by atoms with E-state index in [1.807, 2.05) is 27.7 Å². The molecular formula is C20H34. The van der Waals surface area contributed by atoms with Crippen LogP contribution in [0.4, 0.5) is 0 Å². The van der Waals surface area contributed by atoms with Gasteiger partial charge in [-0.1, -0.05) is 78.0 Å². The van der Waals surface area contributed by atoms with Crippen LogP contribution in [-0.4, -0.2) is 0 Å². The zero-order valence-electron chi connectivity index (χ0n) is 14.2. The predicted octanol–water partition coefficient (Wildman–Crippen LogP) is 6.35. The number of benzene rings is 1. The van der Waals surface area contributed by atoms with Crippen molar-refractivity contribution in [2.45, 2.75) is 85.5 Å². The maximum atomic E-state index is 2.50. The minimum atomic E-state index is 0.980. The largest absolute Gasteiger partial charge is 0.0683 e. The van der Waals surface area contributed by atoms with Crippen LogP contribution in [0, 0.1) is 5.92 Å². The molecule has 1 aromatic carbocycles. The van der Waals surface area contributed by atoms with Crippen LogP contribution in [0.1, 0.15) is 82.9 Å². The van der Waals surface area contributed by atoms with Crippen molar-refractivity contribution >= 4 is 0 Å². The van der Waals surface area contributed by atoms with Gasteiger partial charge in [-0.25, -0.2) is 0 Å². The summed E-state index contributed by atoms with van der Waals surface area (Å²) in [5.74, 6) is 0.980. The van der Waals surface area contributed by atoms with Gasteiger partial charge >= 0.3 is 0 Å². The van der Waals surface area contributed by atoms with Gasteiger partial charge in [0.25, 0.3) is 0 Å². The maximum Gasteiger partial charge on any atom is -0.0250 e. The molecule has 0 spiro atoms. The van der Waals surface area contributed by atoms with Gasteiger partial charge in [0.05, 0.1) is 0 Å². The summed E-state index contributed by atoms with van der Waals surface area (Å²) in [6.45, 7) is 8.00. The fourth-order valence-corrected chi connectivity index (χ4v) is 3.48. The third-order valence-electron chi connectivity index (χ3n) is 4.41. The highest BCUT2D eigenvalue weighted by Crippen LogP contribution is 2.29. The lowest BCUT2D eigenvalue weighted by atomic mass is 9.84. The van der Waals surface area contributed by atoms with Crippen molar-refractivity contribution in [2.24, 2.45) is 5.92 Å². The van der Waals surface area contributed by atoms with E-state index in [1.54, 1.807) is 16.7 Å². The van der Waals surface area contributed by atoms with Crippen LogP contribution in [0.25, 0.3) is 0 Å². The predicted molar refractivity (Wildman–Crippen MR) is 91.4 cm³/mol. The van der Waals surface area contributed by atoms with Crippen molar-refractivity contribution in [3.8, 4) is 0 Å². The third kappa shape index (κ3) is 4.96. The normalized spacial score (nSPS) is 17.4. The lowest BCUT2D eigenvalue weighted by molar-refractivity contribution is 0.356. The maximum absolute atomic E-state index is 2.50. The number of hydrogen-bond acceptors (Lipinski definition) is 0. The summed E-state index contributed by atoms with van der Waals surface area (Å²) in [7, 11) is 0. The van der Waals surface area contributed by atoms with E-state index in [9.17, 15) is 0 Å². The first-order chi connectivity index (χ1) is 9.92. The Morgan fingerprint density at radius 3 is 2.15 bits per heavy atom. The van der Waals surface area contributed by atoms with Crippen molar-refractivity contribution in [1.82, 2.24) is 0 Å². The molecule has 0 aliphatic heterocycles. The molecule has 0 atom stereocenters. The monoisotopic (exact) mass is 274 g/mol. The van der Waals surface area contributed by atoms with E-state index in [1.165, 1.54) is 57.8 Å². The fourth-order valence-electron chi connectivity index (χ4n) is 3.48. The first-order valence-electron chi connectivity index (χ1n) is 9.02. The van der Waals surface area contributed by atoms with Gasteiger partial charge in [-0.3, -0.25) is 0 Å². The molecule has 114 valence electrons. The molecule has 2 aliphatic rings. The van der Waals surface area contributed by atoms with Crippen LogP contribution < -0.4 is 0 Å². The Balaban J connectivity index is 0.000000461. The van der Waals surface area contributed by atoms with Crippen molar-refractivity contribution in [2.75, 3.05) is 0 Å². The highest BCUT2D eigenvalue weighted by atomic mass is 14.2. The van der Waals surface area contributed by atoms with Gasteiger partial charge in [0.1, 0.15) is 0 Å². The van der Waals surface area contributed by atoms with Crippen molar-refractivity contribution in [3.63, 3.8) is 0 Å². The molecule has 2 aliphatic carbocycles. The van der Waals surface area contributed by atoms with Gasteiger partial charge in [-0.05, 0) is 48.3 Å². The Kier molecular flexibility index (Phi) is 8.65. The summed E-state index contributed by atoms with van der Waals surface area (Å²) >= 11 is 0. The fraction of sp³-hybridized carbons (Fsp3) is 0.700. The van der Waals surface area contributed by atoms with Crippen LogP contribution >= 0.6 is 0 Å². The lowest BCUT2D eigenvalue weighted by Crippen LogP contribution is -2.09. The summed E-state index contributed by atoms with van der Waals surface area (Å²) in [5, 5.41) is 0. The van der Waals surface area contributed by atoms with E-state index >= 15 is 0 Å². The van der Waals surface area contributed by atoms with E-state index in [-0.39, 0.29) is 0 Å². The van der Waals surface area contributed by atoms with E-state index in [0.717, 1.165) is 5.92 Å². The highest BCUT2D eigenvalue weighted by Gasteiger charge is 2.15. The summed E-state index contributed by atoms with van der Waals surface area (Å²) in [4.78, 5) is 0. The second-order valence-electron chi connectivity index (χ2n) is 5.66. The van der Waals surface area contributed by atoms with Gasteiger partial charge < -0.3 is 0 Å². The second-order valence-corrected chi connectivity index (χ2v) is 5.66. The van der Waals surface area contributed by atoms with Crippen LogP contribution in [0.3, 0.4) is 0 Å². The number of fused-ring (bicyclic) bond motifs is 1. The number of rotatable bonds is 2. The lowest BCUT2D eigenvalue weighted by Gasteiger charge is -2.21. The topological polar surface area (TPSA) is 0 Å². The van der Waals surface area contributed by atoms with E-state index in [4.69, 9.17) is 0 Å². The summed E-state index contributed by atoms with van der Waals surface area (Å²) < 4.78 is 0. The van der Waals surface area contributed by atoms with E-state index < -0.39 is 0 Å². The molecule has 0 radical (unpaired) electrons. The molecule has 1 saturated carbocycles. The Bertz CT molecular complexity index is 358. The van der Waals surface area contributed by atoms with Crippen molar-refractivity contribution in [3.05, 3.63) is 34.9 Å². The van der Waals surface area contributed by atoms with Crippen LogP contribution in [0.5, 0.6) is 0 Å². The summed E-state index contributed by atoms with van der Waals surface area (Å²) in [5.41, 5.74) is 4.87. The second kappa shape index (κ2) is 10.0. The molecule has 0 aromatic heterocycles. The standard InChI is InChI=1S/C16H22.2C2H6/c1-2-5-13(6-3-1)11-14-9-10-15-7-4-8-16(15)12-14;2*1-2/h9-10,12-13H,1-8,11H2;2*1-2H3. The van der Waals surface area contributed by atoms with Gasteiger partial charge in [-0.2, -0.15) is 0 Å². The minimum Gasteiger partial charge on any atom is -0.0683 e. The molecule has 0 saturated heterocycles. The molecule has 0 nitrogen and oxygen atoms in total. The molecule has 0 heterocycles. The first-order valence-corrected chi connectivity index (χ1v) is 9.02. The Morgan fingerprint density at radius 2 is 1.45 bits per heavy atom. The van der Waals surface area contributed by atoms with Crippen LogP contribution in [0.2, 0.25) is 0 Å². The zero-order valence-corrected chi connectivity index (χ0v) is 14.2. The minimum absolute atomic E-state index is 0.980. The van der Waals surface area contributed by atoms with Crippen molar-refractivity contribution in [1.29, 1.82) is 0 Å². The van der Waals surface area contributed by atoms with Gasteiger partial charge in [0.15, 0.2) is 0 Å². The third-order valence-corrected chi connectivity index (χ3v) is 4.41. The zero-order chi connectivity index (χ0) is 14.8. The first kappa shape index (κ1) is 17.3. The number of hydrogen-bond donors (Lipinski definition) is 0. The number of aryl methyl sites for hydroxylation is 2. The molecule has 20 heavy (non-hydrogen) atoms. The molecular weight excluding hydrogens is 240 g/mol. The van der Waals surface area contributed by atoms with Crippen molar-refractivity contribution < 1.29 is 0 Å². The molecule has 0 N–H and O–H groups in total. The highest BCUT2D eigenvalue weighted by molar-refractivity contribution is 5.35. The van der Waals surface area contributed by atoms with Gasteiger partial charge in [0, 0.05) is 0 Å². The molecule has 1 fully saturated rings. The Hall–Kier alpha value is -0.780. The van der Waals surface area contributed by atoms with Gasteiger partial charge in [0.2, 0.25) is 0 Å². The van der Waals surface area contributed by atoms with Gasteiger partial charge in [-0.15, -0.1) is 0 Å². The molecule has 1 aromatic rings. The molecule has 0 unspecified atom stereocenters. The quantitative estimate of drug-likeness (QED) is 0.589. The van der Waals surface area contributed by atoms with E-state index in [0.29, 0.717) is 0 Å². The average Bonchev–Trinajstić information content (AvgIpc) is 3.00. The summed E-state index contributed by atoms with van der Waals surface area (Å²) in [6.07, 6.45) is 12.7. The molecule has 3 rings (SSSR count). The van der Waals surface area contributed by atoms with E-state index in [2.05, 4.69) is 18.2 Å².